The van der Waals surface area contributed by atoms with Gasteiger partial charge in [-0.1, -0.05) is 0 Å². The second kappa shape index (κ2) is 5.83. The summed E-state index contributed by atoms with van der Waals surface area (Å²) in [7, 11) is 0. The molecule has 0 atom stereocenters. The molecule has 17 heavy (non-hydrogen) atoms. The smallest absolute Gasteiger partial charge is 0.253 e. The van der Waals surface area contributed by atoms with Gasteiger partial charge >= 0.3 is 0 Å². The number of hydrogen-bond acceptors (Lipinski definition) is 2. The summed E-state index contributed by atoms with van der Waals surface area (Å²) in [5.74, 6) is -0.0585. The Labute approximate surface area is 114 Å². The Morgan fingerprint density at radius 2 is 2.06 bits per heavy atom. The van der Waals surface area contributed by atoms with Crippen molar-refractivity contribution in [3.05, 3.63) is 28.5 Å². The van der Waals surface area contributed by atoms with Gasteiger partial charge in [-0.15, -0.1) is 11.6 Å². The summed E-state index contributed by atoms with van der Waals surface area (Å²) in [5, 5.41) is 3.30. The average Bonchev–Trinajstić information content (AvgIpc) is 2.32. The topological polar surface area (TPSA) is 42.0 Å². The van der Waals surface area contributed by atoms with E-state index >= 15 is 0 Å². The summed E-state index contributed by atoms with van der Waals surface area (Å²) in [4.78, 5) is 15.9. The second-order valence-corrected chi connectivity index (χ2v) is 5.85. The highest BCUT2D eigenvalue weighted by atomic mass is 79.9. The molecule has 0 radical (unpaired) electrons. The maximum Gasteiger partial charge on any atom is 0.253 e. The highest BCUT2D eigenvalue weighted by Crippen LogP contribution is 2.23. The van der Waals surface area contributed by atoms with Crippen LogP contribution in [-0.4, -0.2) is 22.3 Å². The summed E-state index contributed by atoms with van der Waals surface area (Å²) in [5.41, 5.74) is 0.590. The number of nitrogens with one attached hydrogen (secondary N) is 1. The number of halogens is 2. The van der Waals surface area contributed by atoms with Crippen molar-refractivity contribution in [3.8, 4) is 0 Å². The first-order valence-electron chi connectivity index (χ1n) is 5.70. The van der Waals surface area contributed by atoms with Crippen LogP contribution in [-0.2, 0) is 0 Å². The van der Waals surface area contributed by atoms with Gasteiger partial charge in [-0.25, -0.2) is 0 Å². The zero-order chi connectivity index (χ0) is 12.3. The molecule has 5 heteroatoms. The van der Waals surface area contributed by atoms with Gasteiger partial charge in [0.05, 0.1) is 5.56 Å². The number of nitrogens with zero attached hydrogens (tertiary/aromatic N) is 1. The van der Waals surface area contributed by atoms with Crippen molar-refractivity contribution in [2.24, 2.45) is 0 Å². The largest absolute Gasteiger partial charge is 0.349 e. The highest BCUT2D eigenvalue weighted by molar-refractivity contribution is 9.10. The molecule has 0 aliphatic heterocycles. The molecule has 2 rings (SSSR count). The Kier molecular flexibility index (Phi) is 4.40. The molecule has 1 aliphatic rings. The Morgan fingerprint density at radius 1 is 1.35 bits per heavy atom. The average molecular weight is 318 g/mol. The van der Waals surface area contributed by atoms with E-state index in [-0.39, 0.29) is 17.3 Å². The number of carbonyl (C=O) groups excluding carboxylic acids is 1. The van der Waals surface area contributed by atoms with Crippen molar-refractivity contribution in [1.29, 1.82) is 0 Å². The number of alkyl halides is 1. The van der Waals surface area contributed by atoms with Gasteiger partial charge in [0, 0.05) is 28.3 Å². The third kappa shape index (κ3) is 3.68. The minimum atomic E-state index is -0.0585. The molecule has 1 amide bonds. The van der Waals surface area contributed by atoms with E-state index in [4.69, 9.17) is 11.6 Å². The maximum absolute atomic E-state index is 11.9. The maximum atomic E-state index is 11.9. The minimum absolute atomic E-state index is 0.0585. The number of aromatic nitrogens is 1. The van der Waals surface area contributed by atoms with Gasteiger partial charge in [-0.05, 0) is 47.7 Å². The predicted octanol–water partition coefficient (Wildman–Crippen LogP) is 3.12. The Bertz CT molecular complexity index is 405. The zero-order valence-electron chi connectivity index (χ0n) is 9.33. The van der Waals surface area contributed by atoms with E-state index in [0.717, 1.165) is 30.2 Å². The van der Waals surface area contributed by atoms with Crippen LogP contribution in [0.15, 0.2) is 22.9 Å². The molecule has 1 aromatic rings. The molecular weight excluding hydrogens is 304 g/mol. The predicted molar refractivity (Wildman–Crippen MR) is 71.3 cm³/mol. The Hall–Kier alpha value is -0.610. The van der Waals surface area contributed by atoms with Gasteiger partial charge in [0.15, 0.2) is 0 Å². The summed E-state index contributed by atoms with van der Waals surface area (Å²) in [6, 6.07) is 2.02. The van der Waals surface area contributed by atoms with E-state index in [1.54, 1.807) is 18.5 Å². The first kappa shape index (κ1) is 12.8. The summed E-state index contributed by atoms with van der Waals surface area (Å²) >= 11 is 9.33. The van der Waals surface area contributed by atoms with Gasteiger partial charge < -0.3 is 5.32 Å². The van der Waals surface area contributed by atoms with Gasteiger partial charge in [0.25, 0.3) is 5.91 Å². The third-order valence-corrected chi connectivity index (χ3v) is 3.83. The molecule has 3 nitrogen and oxygen atoms in total. The molecule has 1 saturated carbocycles. The number of pyridine rings is 1. The van der Waals surface area contributed by atoms with Crippen LogP contribution in [0.2, 0.25) is 0 Å². The molecule has 0 aromatic carbocycles. The van der Waals surface area contributed by atoms with Crippen LogP contribution >= 0.6 is 27.5 Å². The lowest BCUT2D eigenvalue weighted by atomic mass is 9.95. The molecule has 1 aromatic heterocycles. The third-order valence-electron chi connectivity index (χ3n) is 2.96. The standard InChI is InChI=1S/C12H14BrClN2O/c13-9-5-8(6-15-7-9)12(17)16-11-3-1-10(14)2-4-11/h5-7,10-11H,1-4H2,(H,16,17). The molecule has 92 valence electrons. The van der Waals surface area contributed by atoms with E-state index in [0.29, 0.717) is 5.56 Å². The van der Waals surface area contributed by atoms with E-state index < -0.39 is 0 Å². The lowest BCUT2D eigenvalue weighted by Gasteiger charge is -2.25. The molecule has 0 spiro atoms. The van der Waals surface area contributed by atoms with Crippen LogP contribution in [0.4, 0.5) is 0 Å². The van der Waals surface area contributed by atoms with Gasteiger partial charge in [0.2, 0.25) is 0 Å². The fourth-order valence-electron chi connectivity index (χ4n) is 2.00. The van der Waals surface area contributed by atoms with Crippen molar-refractivity contribution in [2.45, 2.75) is 37.1 Å². The van der Waals surface area contributed by atoms with Crippen molar-refractivity contribution >= 4 is 33.4 Å². The number of rotatable bonds is 2. The zero-order valence-corrected chi connectivity index (χ0v) is 11.7. The molecule has 1 fully saturated rings. The summed E-state index contributed by atoms with van der Waals surface area (Å²) in [6.45, 7) is 0. The monoisotopic (exact) mass is 316 g/mol. The van der Waals surface area contributed by atoms with E-state index in [1.807, 2.05) is 0 Å². The SMILES string of the molecule is O=C(NC1CCC(Cl)CC1)c1cncc(Br)c1. The van der Waals surface area contributed by atoms with Gasteiger partial charge in [-0.2, -0.15) is 0 Å². The van der Waals surface area contributed by atoms with Crippen molar-refractivity contribution in [3.63, 3.8) is 0 Å². The van der Waals surface area contributed by atoms with Gasteiger partial charge in [-0.3, -0.25) is 9.78 Å². The first-order chi connectivity index (χ1) is 8.15. The molecule has 1 aliphatic carbocycles. The fraction of sp³-hybridized carbons (Fsp3) is 0.500. The molecule has 1 N–H and O–H groups in total. The molecule has 1 heterocycles. The normalized spacial score (nSPS) is 24.4. The van der Waals surface area contributed by atoms with Crippen LogP contribution in [0.1, 0.15) is 36.0 Å². The van der Waals surface area contributed by atoms with Crippen molar-refractivity contribution < 1.29 is 4.79 Å². The summed E-state index contributed by atoms with van der Waals surface area (Å²) < 4.78 is 0.814. The van der Waals surface area contributed by atoms with Crippen molar-refractivity contribution in [2.75, 3.05) is 0 Å². The quantitative estimate of drug-likeness (QED) is 0.852. The lowest BCUT2D eigenvalue weighted by Crippen LogP contribution is -2.37. The molecule has 0 saturated heterocycles. The van der Waals surface area contributed by atoms with Crippen LogP contribution in [0.5, 0.6) is 0 Å². The molecule has 0 unspecified atom stereocenters. The Morgan fingerprint density at radius 3 is 2.71 bits per heavy atom. The minimum Gasteiger partial charge on any atom is -0.349 e. The van der Waals surface area contributed by atoms with E-state index in [9.17, 15) is 4.79 Å². The van der Waals surface area contributed by atoms with Crippen LogP contribution in [0.3, 0.4) is 0 Å². The van der Waals surface area contributed by atoms with E-state index in [1.165, 1.54) is 0 Å². The van der Waals surface area contributed by atoms with Crippen LogP contribution in [0, 0.1) is 0 Å². The van der Waals surface area contributed by atoms with Crippen LogP contribution < -0.4 is 5.32 Å². The molecule has 0 bridgehead atoms. The van der Waals surface area contributed by atoms with Crippen molar-refractivity contribution in [1.82, 2.24) is 10.3 Å². The lowest BCUT2D eigenvalue weighted by molar-refractivity contribution is 0.0927. The highest BCUT2D eigenvalue weighted by Gasteiger charge is 2.21. The number of amides is 1. The van der Waals surface area contributed by atoms with E-state index in [2.05, 4.69) is 26.2 Å². The number of hydrogen-bond donors (Lipinski definition) is 1. The fourth-order valence-corrected chi connectivity index (χ4v) is 2.62. The number of carbonyl (C=O) groups is 1. The second-order valence-electron chi connectivity index (χ2n) is 4.31. The van der Waals surface area contributed by atoms with Crippen LogP contribution in [0.25, 0.3) is 0 Å². The van der Waals surface area contributed by atoms with Gasteiger partial charge in [0.1, 0.15) is 0 Å². The Balaban J connectivity index is 1.93. The summed E-state index contributed by atoms with van der Waals surface area (Å²) in [6.07, 6.45) is 7.11. The first-order valence-corrected chi connectivity index (χ1v) is 6.93. The molecular formula is C12H14BrClN2O.